The minimum Gasteiger partial charge on any atom is -0.280 e. The molecule has 4 rings (SSSR count). The molecule has 0 spiro atoms. The molecule has 2 aromatic carbocycles. The zero-order valence-electron chi connectivity index (χ0n) is 16.4. The number of benzene rings is 2. The summed E-state index contributed by atoms with van der Waals surface area (Å²) in [5, 5.41) is 0.635. The zero-order valence-corrected chi connectivity index (χ0v) is 17.3. The van der Waals surface area contributed by atoms with Crippen LogP contribution < -0.4 is 11.2 Å². The molecule has 0 aliphatic heterocycles. The first-order chi connectivity index (χ1) is 13.4. The van der Waals surface area contributed by atoms with E-state index in [0.29, 0.717) is 11.9 Å². The van der Waals surface area contributed by atoms with Crippen molar-refractivity contribution in [2.24, 2.45) is 7.05 Å². The number of aromatic nitrogens is 2. The molecule has 0 bridgehead atoms. The van der Waals surface area contributed by atoms with Gasteiger partial charge in [0.25, 0.3) is 5.56 Å². The number of hydrogen-bond donors (Lipinski definition) is 0. The van der Waals surface area contributed by atoms with Gasteiger partial charge in [-0.25, -0.2) is 4.79 Å². The third-order valence-corrected chi connectivity index (χ3v) is 6.51. The summed E-state index contributed by atoms with van der Waals surface area (Å²) in [6, 6.07) is 16.4. The fourth-order valence-corrected chi connectivity index (χ4v) is 4.87. The molecule has 0 amide bonds. The van der Waals surface area contributed by atoms with Crippen LogP contribution in [0.5, 0.6) is 0 Å². The number of aryl methyl sites for hydroxylation is 3. The maximum Gasteiger partial charge on any atom is 0.332 e. The second-order valence-electron chi connectivity index (χ2n) is 7.32. The molecule has 0 fully saturated rings. The maximum atomic E-state index is 12.9. The van der Waals surface area contributed by atoms with Gasteiger partial charge in [-0.15, -0.1) is 11.3 Å². The summed E-state index contributed by atoms with van der Waals surface area (Å²) < 4.78 is 2.94. The third kappa shape index (κ3) is 3.02. The van der Waals surface area contributed by atoms with Crippen molar-refractivity contribution in [1.29, 1.82) is 0 Å². The molecule has 5 heteroatoms. The lowest BCUT2D eigenvalue weighted by molar-refractivity contribution is 0.677. The standard InChI is InChI=1S/C23H22N2O2S/c1-14-8-10-18(11-9-14)20-16(3)19-21(26)24(4)23(27)25(22(19)28-20)13-17-7-5-6-15(2)12-17/h5-12H,13H2,1-4H3. The van der Waals surface area contributed by atoms with Crippen molar-refractivity contribution >= 4 is 21.6 Å². The minimum absolute atomic E-state index is 0.229. The topological polar surface area (TPSA) is 44.0 Å². The van der Waals surface area contributed by atoms with Crippen molar-refractivity contribution in [1.82, 2.24) is 9.13 Å². The first-order valence-electron chi connectivity index (χ1n) is 9.22. The van der Waals surface area contributed by atoms with Gasteiger partial charge in [-0.2, -0.15) is 0 Å². The van der Waals surface area contributed by atoms with Gasteiger partial charge in [0, 0.05) is 11.9 Å². The summed E-state index contributed by atoms with van der Waals surface area (Å²) in [5.74, 6) is 0. The smallest absolute Gasteiger partial charge is 0.280 e. The summed E-state index contributed by atoms with van der Waals surface area (Å²) in [5.41, 5.74) is 4.88. The van der Waals surface area contributed by atoms with Gasteiger partial charge in [0.2, 0.25) is 0 Å². The van der Waals surface area contributed by atoms with Crippen molar-refractivity contribution in [3.8, 4) is 10.4 Å². The fraction of sp³-hybridized carbons (Fsp3) is 0.217. The van der Waals surface area contributed by atoms with Crippen LogP contribution in [0, 0.1) is 20.8 Å². The van der Waals surface area contributed by atoms with Crippen molar-refractivity contribution in [2.45, 2.75) is 27.3 Å². The quantitative estimate of drug-likeness (QED) is 0.520. The first kappa shape index (κ1) is 18.4. The van der Waals surface area contributed by atoms with Gasteiger partial charge in [0.1, 0.15) is 4.83 Å². The van der Waals surface area contributed by atoms with E-state index in [0.717, 1.165) is 32.0 Å². The first-order valence-corrected chi connectivity index (χ1v) is 10.0. The van der Waals surface area contributed by atoms with E-state index < -0.39 is 0 Å². The van der Waals surface area contributed by atoms with E-state index in [1.54, 1.807) is 11.6 Å². The largest absolute Gasteiger partial charge is 0.332 e. The van der Waals surface area contributed by atoms with E-state index in [-0.39, 0.29) is 11.2 Å². The number of hydrogen-bond acceptors (Lipinski definition) is 3. The van der Waals surface area contributed by atoms with E-state index >= 15 is 0 Å². The van der Waals surface area contributed by atoms with Crippen molar-refractivity contribution in [3.63, 3.8) is 0 Å². The molecular weight excluding hydrogens is 368 g/mol. The molecule has 142 valence electrons. The van der Waals surface area contributed by atoms with E-state index in [1.807, 2.05) is 32.0 Å². The van der Waals surface area contributed by atoms with Crippen LogP contribution in [-0.4, -0.2) is 9.13 Å². The second-order valence-corrected chi connectivity index (χ2v) is 8.32. The van der Waals surface area contributed by atoms with Gasteiger partial charge in [0.05, 0.1) is 11.9 Å². The van der Waals surface area contributed by atoms with Crippen LogP contribution in [0.1, 0.15) is 22.3 Å². The van der Waals surface area contributed by atoms with Crippen LogP contribution in [0.4, 0.5) is 0 Å². The molecule has 0 atom stereocenters. The molecular formula is C23H22N2O2S. The Bertz CT molecular complexity index is 1310. The Labute approximate surface area is 167 Å². The number of nitrogens with zero attached hydrogens (tertiary/aromatic N) is 2. The molecule has 2 heterocycles. The minimum atomic E-state index is -0.282. The predicted molar refractivity (Wildman–Crippen MR) is 117 cm³/mol. The molecule has 2 aromatic heterocycles. The van der Waals surface area contributed by atoms with Gasteiger partial charge in [0.15, 0.2) is 0 Å². The lowest BCUT2D eigenvalue weighted by atomic mass is 10.1. The second kappa shape index (κ2) is 6.91. The molecule has 0 saturated heterocycles. The predicted octanol–water partition coefficient (Wildman–Crippen LogP) is 4.40. The lowest BCUT2D eigenvalue weighted by Crippen LogP contribution is -2.38. The Morgan fingerprint density at radius 1 is 0.929 bits per heavy atom. The van der Waals surface area contributed by atoms with E-state index in [4.69, 9.17) is 0 Å². The third-order valence-electron chi connectivity index (χ3n) is 5.15. The molecule has 4 nitrogen and oxygen atoms in total. The average molecular weight is 391 g/mol. The molecule has 0 N–H and O–H groups in total. The summed E-state index contributed by atoms with van der Waals surface area (Å²) >= 11 is 1.52. The van der Waals surface area contributed by atoms with Gasteiger partial charge in [-0.05, 0) is 37.5 Å². The Hall–Kier alpha value is -2.92. The molecule has 0 aliphatic rings. The van der Waals surface area contributed by atoms with Crippen molar-refractivity contribution < 1.29 is 0 Å². The Morgan fingerprint density at radius 2 is 1.64 bits per heavy atom. The summed E-state index contributed by atoms with van der Waals surface area (Å²) in [6.07, 6.45) is 0. The Balaban J connectivity index is 1.99. The summed E-state index contributed by atoms with van der Waals surface area (Å²) in [7, 11) is 1.56. The van der Waals surface area contributed by atoms with Crippen molar-refractivity contribution in [3.05, 3.63) is 91.6 Å². The monoisotopic (exact) mass is 390 g/mol. The normalized spacial score (nSPS) is 11.3. The fourth-order valence-electron chi connectivity index (χ4n) is 3.58. The van der Waals surface area contributed by atoms with E-state index in [1.165, 1.54) is 21.5 Å². The number of rotatable bonds is 3. The van der Waals surface area contributed by atoms with Crippen LogP contribution >= 0.6 is 11.3 Å². The molecule has 0 aliphatic carbocycles. The van der Waals surface area contributed by atoms with Gasteiger partial charge >= 0.3 is 5.69 Å². The van der Waals surface area contributed by atoms with Crippen LogP contribution in [-0.2, 0) is 13.6 Å². The van der Waals surface area contributed by atoms with Crippen LogP contribution in [0.15, 0.2) is 58.1 Å². The highest BCUT2D eigenvalue weighted by Gasteiger charge is 2.19. The molecule has 0 radical (unpaired) electrons. The average Bonchev–Trinajstić information content (AvgIpc) is 3.01. The molecule has 4 aromatic rings. The highest BCUT2D eigenvalue weighted by atomic mass is 32.1. The summed E-state index contributed by atoms with van der Waals surface area (Å²) in [6.45, 7) is 6.50. The van der Waals surface area contributed by atoms with Gasteiger partial charge in [-0.3, -0.25) is 13.9 Å². The number of thiophene rings is 1. The maximum absolute atomic E-state index is 12.9. The van der Waals surface area contributed by atoms with Crippen LogP contribution in [0.3, 0.4) is 0 Å². The van der Waals surface area contributed by atoms with Crippen molar-refractivity contribution in [2.75, 3.05) is 0 Å². The van der Waals surface area contributed by atoms with E-state index in [9.17, 15) is 9.59 Å². The van der Waals surface area contributed by atoms with E-state index in [2.05, 4.69) is 37.3 Å². The van der Waals surface area contributed by atoms with Gasteiger partial charge in [-0.1, -0.05) is 59.7 Å². The number of fused-ring (bicyclic) bond motifs is 1. The zero-order chi connectivity index (χ0) is 20.0. The summed E-state index contributed by atoms with van der Waals surface area (Å²) in [4.78, 5) is 27.6. The molecule has 28 heavy (non-hydrogen) atoms. The Morgan fingerprint density at radius 3 is 2.32 bits per heavy atom. The van der Waals surface area contributed by atoms with Gasteiger partial charge < -0.3 is 0 Å². The SMILES string of the molecule is Cc1ccc(-c2sc3c(c2C)c(=O)n(C)c(=O)n3Cc2cccc(C)c2)cc1. The highest BCUT2D eigenvalue weighted by Crippen LogP contribution is 2.36. The Kier molecular flexibility index (Phi) is 4.55. The molecule has 0 unspecified atom stereocenters. The lowest BCUT2D eigenvalue weighted by Gasteiger charge is -2.10. The van der Waals surface area contributed by atoms with Crippen LogP contribution in [0.2, 0.25) is 0 Å². The highest BCUT2D eigenvalue weighted by molar-refractivity contribution is 7.22. The van der Waals surface area contributed by atoms with Crippen LogP contribution in [0.25, 0.3) is 20.7 Å². The molecule has 0 saturated carbocycles.